The molecule has 2 aliphatic rings. The summed E-state index contributed by atoms with van der Waals surface area (Å²) < 4.78 is 13.2. The van der Waals surface area contributed by atoms with Crippen LogP contribution in [-0.2, 0) is 37.8 Å². The van der Waals surface area contributed by atoms with E-state index in [1.54, 1.807) is 6.07 Å². The van der Waals surface area contributed by atoms with E-state index in [1.165, 1.54) is 34.2 Å². The Bertz CT molecular complexity index is 1390. The summed E-state index contributed by atoms with van der Waals surface area (Å²) in [6.07, 6.45) is 6.54. The van der Waals surface area contributed by atoms with E-state index in [-0.39, 0.29) is 18.4 Å². The Morgan fingerprint density at radius 2 is 2.03 bits per heavy atom. The second-order valence-corrected chi connectivity index (χ2v) is 10.1. The van der Waals surface area contributed by atoms with Crippen molar-refractivity contribution in [2.45, 2.75) is 50.8 Å². The summed E-state index contributed by atoms with van der Waals surface area (Å²) in [5.74, 6) is -0.460. The van der Waals surface area contributed by atoms with Gasteiger partial charge in [-0.05, 0) is 47.2 Å². The Morgan fingerprint density at radius 1 is 1.16 bits per heavy atom. The summed E-state index contributed by atoms with van der Waals surface area (Å²) in [5.41, 5.74) is 8.02. The van der Waals surface area contributed by atoms with Gasteiger partial charge < -0.3 is 14.4 Å². The average Bonchev–Trinajstić information content (AvgIpc) is 3.63. The number of aliphatic carboxylic acids is 1. The van der Waals surface area contributed by atoms with Crippen LogP contribution in [-0.4, -0.2) is 37.5 Å². The molecule has 4 aromatic rings. The molecule has 37 heavy (non-hydrogen) atoms. The first-order valence-electron chi connectivity index (χ1n) is 12.8. The van der Waals surface area contributed by atoms with Gasteiger partial charge in [-0.25, -0.2) is 0 Å². The van der Waals surface area contributed by atoms with E-state index in [4.69, 9.17) is 9.26 Å². The third kappa shape index (κ3) is 5.02. The molecule has 3 heterocycles. The smallest absolute Gasteiger partial charge is 0.304 e. The van der Waals surface area contributed by atoms with Crippen LogP contribution < -0.4 is 4.74 Å². The lowest BCUT2D eigenvalue weighted by Gasteiger charge is -2.26. The van der Waals surface area contributed by atoms with Gasteiger partial charge in [-0.2, -0.15) is 5.10 Å². The molecule has 2 aromatic carbocycles. The van der Waals surface area contributed by atoms with Crippen molar-refractivity contribution in [3.8, 4) is 5.75 Å². The van der Waals surface area contributed by atoms with Crippen LogP contribution in [0.3, 0.4) is 0 Å². The molecule has 0 saturated heterocycles. The van der Waals surface area contributed by atoms with Gasteiger partial charge in [-0.1, -0.05) is 35.5 Å². The number of hydrogen-bond donors (Lipinski definition) is 1. The first-order valence-corrected chi connectivity index (χ1v) is 12.8. The van der Waals surface area contributed by atoms with E-state index >= 15 is 0 Å². The summed E-state index contributed by atoms with van der Waals surface area (Å²) in [6, 6.07) is 16.2. The van der Waals surface area contributed by atoms with Crippen molar-refractivity contribution in [1.82, 2.24) is 19.8 Å². The Kier molecular flexibility index (Phi) is 6.26. The molecule has 0 saturated carbocycles. The molecule has 190 valence electrons. The highest BCUT2D eigenvalue weighted by molar-refractivity contribution is 5.68. The fourth-order valence-electron chi connectivity index (χ4n) is 5.67. The van der Waals surface area contributed by atoms with Crippen molar-refractivity contribution < 1.29 is 19.2 Å². The van der Waals surface area contributed by atoms with E-state index < -0.39 is 5.97 Å². The molecule has 1 aliphatic carbocycles. The zero-order chi connectivity index (χ0) is 25.4. The number of nitrogens with zero attached hydrogens (tertiary/aromatic N) is 4. The van der Waals surface area contributed by atoms with Crippen molar-refractivity contribution in [3.05, 3.63) is 100 Å². The molecule has 2 aromatic heterocycles. The quantitative estimate of drug-likeness (QED) is 0.378. The SMILES string of the molecule is Cn1cc2c(n1)CCN(Cc1ccc3c(c1)CC[C@H]3Oc1ccc([C@H](CC(=O)O)c3ccon3)cc1)C2. The molecule has 2 atom stereocenters. The monoisotopic (exact) mass is 498 g/mol. The molecule has 0 radical (unpaired) electrons. The maximum absolute atomic E-state index is 11.4. The fraction of sp³-hybridized carbons (Fsp3) is 0.345. The molecule has 0 unspecified atom stereocenters. The standard InChI is InChI=1S/C29H30N4O4/c1-32-17-22-18-33(12-10-26(22)30-32)16-19-2-8-24-21(14-19)5-9-28(24)37-23-6-3-20(4-7-23)25(15-29(34)35)27-11-13-36-31-27/h2-4,6-8,11,13-14,17,25,28H,5,9-10,12,15-16,18H2,1H3,(H,34,35)/t25-,28+/m0/s1. The second-order valence-electron chi connectivity index (χ2n) is 10.1. The van der Waals surface area contributed by atoms with Crippen LogP contribution in [0.2, 0.25) is 0 Å². The third-order valence-electron chi connectivity index (χ3n) is 7.44. The molecule has 1 aliphatic heterocycles. The van der Waals surface area contributed by atoms with Crippen LogP contribution in [0.15, 0.2) is 65.5 Å². The van der Waals surface area contributed by atoms with Gasteiger partial charge in [0, 0.05) is 56.8 Å². The van der Waals surface area contributed by atoms with E-state index in [0.29, 0.717) is 5.69 Å². The number of hydrogen-bond acceptors (Lipinski definition) is 6. The summed E-state index contributed by atoms with van der Waals surface area (Å²) in [4.78, 5) is 13.9. The minimum Gasteiger partial charge on any atom is -0.486 e. The number of carboxylic acid groups (broad SMARTS) is 1. The molecule has 0 amide bonds. The Balaban J connectivity index is 1.11. The normalized spacial score (nSPS) is 17.8. The zero-order valence-corrected chi connectivity index (χ0v) is 20.8. The van der Waals surface area contributed by atoms with Crippen LogP contribution in [0.4, 0.5) is 0 Å². The van der Waals surface area contributed by atoms with Gasteiger partial charge in [-0.3, -0.25) is 14.4 Å². The predicted octanol–water partition coefficient (Wildman–Crippen LogP) is 4.64. The van der Waals surface area contributed by atoms with Crippen LogP contribution in [0.25, 0.3) is 0 Å². The van der Waals surface area contributed by atoms with Gasteiger partial charge in [0.15, 0.2) is 0 Å². The molecule has 0 fully saturated rings. The van der Waals surface area contributed by atoms with Crippen molar-refractivity contribution >= 4 is 5.97 Å². The molecule has 0 bridgehead atoms. The Hall–Kier alpha value is -3.91. The average molecular weight is 499 g/mol. The minimum atomic E-state index is -0.877. The summed E-state index contributed by atoms with van der Waals surface area (Å²) in [6.45, 7) is 2.93. The molecule has 8 heteroatoms. The number of benzene rings is 2. The molecular formula is C29H30N4O4. The summed E-state index contributed by atoms with van der Waals surface area (Å²) in [7, 11) is 1.99. The first kappa shape index (κ1) is 23.5. The number of aromatic nitrogens is 3. The lowest BCUT2D eigenvalue weighted by Crippen LogP contribution is -2.29. The maximum atomic E-state index is 11.4. The lowest BCUT2D eigenvalue weighted by atomic mass is 9.92. The van der Waals surface area contributed by atoms with Gasteiger partial charge in [-0.15, -0.1) is 0 Å². The molecule has 6 rings (SSSR count). The Morgan fingerprint density at radius 3 is 2.81 bits per heavy atom. The van der Waals surface area contributed by atoms with E-state index in [2.05, 4.69) is 39.6 Å². The van der Waals surface area contributed by atoms with Gasteiger partial charge >= 0.3 is 5.97 Å². The van der Waals surface area contributed by atoms with Gasteiger partial charge in [0.2, 0.25) is 0 Å². The fourth-order valence-corrected chi connectivity index (χ4v) is 5.67. The Labute approximate surface area is 215 Å². The number of fused-ring (bicyclic) bond motifs is 2. The topological polar surface area (TPSA) is 93.6 Å². The number of aryl methyl sites for hydroxylation is 2. The van der Waals surface area contributed by atoms with E-state index in [9.17, 15) is 9.90 Å². The largest absolute Gasteiger partial charge is 0.486 e. The van der Waals surface area contributed by atoms with Crippen molar-refractivity contribution in [2.24, 2.45) is 7.05 Å². The highest BCUT2D eigenvalue weighted by Crippen LogP contribution is 2.37. The summed E-state index contributed by atoms with van der Waals surface area (Å²) in [5, 5.41) is 17.9. The van der Waals surface area contributed by atoms with Crippen LogP contribution in [0, 0.1) is 0 Å². The van der Waals surface area contributed by atoms with Crippen LogP contribution >= 0.6 is 0 Å². The molecule has 8 nitrogen and oxygen atoms in total. The maximum Gasteiger partial charge on any atom is 0.304 e. The first-order chi connectivity index (χ1) is 18.0. The number of ether oxygens (including phenoxy) is 1. The predicted molar refractivity (Wildman–Crippen MR) is 136 cm³/mol. The van der Waals surface area contributed by atoms with Crippen molar-refractivity contribution in [2.75, 3.05) is 6.54 Å². The van der Waals surface area contributed by atoms with E-state index in [0.717, 1.165) is 50.2 Å². The molecule has 1 N–H and O–H groups in total. The lowest BCUT2D eigenvalue weighted by molar-refractivity contribution is -0.137. The zero-order valence-electron chi connectivity index (χ0n) is 20.8. The van der Waals surface area contributed by atoms with Gasteiger partial charge in [0.05, 0.1) is 17.8 Å². The molecule has 0 spiro atoms. The molecular weight excluding hydrogens is 468 g/mol. The minimum absolute atomic E-state index is 0.0215. The van der Waals surface area contributed by atoms with Crippen LogP contribution in [0.5, 0.6) is 5.75 Å². The van der Waals surface area contributed by atoms with Crippen LogP contribution in [0.1, 0.15) is 64.1 Å². The van der Waals surface area contributed by atoms with Gasteiger partial charge in [0.1, 0.15) is 18.1 Å². The summed E-state index contributed by atoms with van der Waals surface area (Å²) >= 11 is 0. The number of rotatable bonds is 8. The van der Waals surface area contributed by atoms with Crippen molar-refractivity contribution in [3.63, 3.8) is 0 Å². The highest BCUT2D eigenvalue weighted by Gasteiger charge is 2.26. The highest BCUT2D eigenvalue weighted by atomic mass is 16.5. The number of carbonyl (C=O) groups is 1. The van der Waals surface area contributed by atoms with Gasteiger partial charge in [0.25, 0.3) is 0 Å². The number of carboxylic acids is 1. The second kappa shape index (κ2) is 9.86. The third-order valence-corrected chi connectivity index (χ3v) is 7.44. The van der Waals surface area contributed by atoms with Crippen molar-refractivity contribution in [1.29, 1.82) is 0 Å². The van der Waals surface area contributed by atoms with E-state index in [1.807, 2.05) is 36.0 Å².